The van der Waals surface area contributed by atoms with E-state index in [2.05, 4.69) is 19.2 Å². The number of amides is 1. The largest absolute Gasteiger partial charge is 0.493 e. The Morgan fingerprint density at radius 1 is 1.04 bits per heavy atom. The predicted octanol–water partition coefficient (Wildman–Crippen LogP) is 4.62. The van der Waals surface area contributed by atoms with Crippen molar-refractivity contribution in [2.24, 2.45) is 5.92 Å². The number of methoxy groups -OCH3 is 2. The zero-order valence-electron chi connectivity index (χ0n) is 15.9. The molecule has 0 spiro atoms. The van der Waals surface area contributed by atoms with Crippen LogP contribution in [0.15, 0.2) is 54.6 Å². The first kappa shape index (κ1) is 19.6. The van der Waals surface area contributed by atoms with Crippen molar-refractivity contribution in [1.29, 1.82) is 0 Å². The summed E-state index contributed by atoms with van der Waals surface area (Å²) < 4.78 is 10.5. The number of benzene rings is 2. The van der Waals surface area contributed by atoms with Gasteiger partial charge in [0.1, 0.15) is 0 Å². The van der Waals surface area contributed by atoms with Gasteiger partial charge in [-0.1, -0.05) is 50.2 Å². The number of rotatable bonds is 8. The normalized spacial score (nSPS) is 12.2. The molecule has 2 aromatic rings. The van der Waals surface area contributed by atoms with Crippen molar-refractivity contribution in [3.63, 3.8) is 0 Å². The van der Waals surface area contributed by atoms with Crippen LogP contribution in [0.4, 0.5) is 0 Å². The van der Waals surface area contributed by atoms with Gasteiger partial charge in [-0.2, -0.15) is 0 Å². The SMILES string of the molecule is COc1ccc(/C=C/C(=O)N[C@@H](CC(C)C)c2ccccc2)cc1OC. The van der Waals surface area contributed by atoms with Gasteiger partial charge in [0.15, 0.2) is 11.5 Å². The molecule has 0 saturated heterocycles. The van der Waals surface area contributed by atoms with E-state index < -0.39 is 0 Å². The summed E-state index contributed by atoms with van der Waals surface area (Å²) in [6, 6.07) is 15.6. The van der Waals surface area contributed by atoms with Gasteiger partial charge in [0, 0.05) is 6.08 Å². The molecule has 2 aromatic carbocycles. The van der Waals surface area contributed by atoms with E-state index in [9.17, 15) is 4.79 Å². The summed E-state index contributed by atoms with van der Waals surface area (Å²) in [5.41, 5.74) is 1.99. The number of carbonyl (C=O) groups excluding carboxylic acids is 1. The van der Waals surface area contributed by atoms with Crippen molar-refractivity contribution in [3.05, 3.63) is 65.7 Å². The average Bonchev–Trinajstić information content (AvgIpc) is 2.66. The van der Waals surface area contributed by atoms with Crippen molar-refractivity contribution in [2.45, 2.75) is 26.3 Å². The van der Waals surface area contributed by atoms with E-state index in [-0.39, 0.29) is 11.9 Å². The van der Waals surface area contributed by atoms with Gasteiger partial charge < -0.3 is 14.8 Å². The summed E-state index contributed by atoms with van der Waals surface area (Å²) in [5, 5.41) is 3.10. The second-order valence-corrected chi connectivity index (χ2v) is 6.55. The number of hydrogen-bond acceptors (Lipinski definition) is 3. The monoisotopic (exact) mass is 353 g/mol. The van der Waals surface area contributed by atoms with Crippen molar-refractivity contribution in [2.75, 3.05) is 14.2 Å². The van der Waals surface area contributed by atoms with Crippen LogP contribution in [-0.2, 0) is 4.79 Å². The first-order chi connectivity index (χ1) is 12.5. The minimum Gasteiger partial charge on any atom is -0.493 e. The topological polar surface area (TPSA) is 47.6 Å². The van der Waals surface area contributed by atoms with Gasteiger partial charge in [-0.05, 0) is 41.7 Å². The minimum atomic E-state index is -0.116. The van der Waals surface area contributed by atoms with Crippen LogP contribution in [0.5, 0.6) is 11.5 Å². The fourth-order valence-electron chi connectivity index (χ4n) is 2.78. The van der Waals surface area contributed by atoms with E-state index in [4.69, 9.17) is 9.47 Å². The third kappa shape index (κ3) is 5.66. The van der Waals surface area contributed by atoms with Crippen molar-refractivity contribution in [1.82, 2.24) is 5.32 Å². The lowest BCUT2D eigenvalue weighted by Crippen LogP contribution is -2.27. The Balaban J connectivity index is 2.09. The Kier molecular flexibility index (Phi) is 7.27. The molecule has 0 saturated carbocycles. The molecule has 0 aliphatic rings. The Labute approximate surface area is 155 Å². The van der Waals surface area contributed by atoms with E-state index in [1.165, 1.54) is 0 Å². The summed E-state index contributed by atoms with van der Waals surface area (Å²) >= 11 is 0. The van der Waals surface area contributed by atoms with Crippen molar-refractivity contribution < 1.29 is 14.3 Å². The van der Waals surface area contributed by atoms with Crippen LogP contribution in [0.1, 0.15) is 37.4 Å². The van der Waals surface area contributed by atoms with E-state index in [0.717, 1.165) is 17.5 Å². The van der Waals surface area contributed by atoms with Gasteiger partial charge in [-0.25, -0.2) is 0 Å². The molecule has 0 bridgehead atoms. The first-order valence-corrected chi connectivity index (χ1v) is 8.79. The Hall–Kier alpha value is -2.75. The van der Waals surface area contributed by atoms with Gasteiger partial charge in [0.25, 0.3) is 0 Å². The molecule has 0 aliphatic carbocycles. The molecule has 0 radical (unpaired) electrons. The minimum absolute atomic E-state index is 0.00115. The standard InChI is InChI=1S/C22H27NO3/c1-16(2)14-19(18-8-6-5-7-9-18)23-22(24)13-11-17-10-12-20(25-3)21(15-17)26-4/h5-13,15-16,19H,14H2,1-4H3,(H,23,24)/b13-11+/t19-/m0/s1. The molecule has 4 nitrogen and oxygen atoms in total. The first-order valence-electron chi connectivity index (χ1n) is 8.79. The van der Waals surface area contributed by atoms with Gasteiger partial charge in [-0.15, -0.1) is 0 Å². The summed E-state index contributed by atoms with van der Waals surface area (Å²) in [7, 11) is 3.19. The average molecular weight is 353 g/mol. The smallest absolute Gasteiger partial charge is 0.244 e. The van der Waals surface area contributed by atoms with Crippen LogP contribution in [-0.4, -0.2) is 20.1 Å². The second-order valence-electron chi connectivity index (χ2n) is 6.55. The highest BCUT2D eigenvalue weighted by Crippen LogP contribution is 2.28. The van der Waals surface area contributed by atoms with Crippen molar-refractivity contribution >= 4 is 12.0 Å². The molecule has 26 heavy (non-hydrogen) atoms. The van der Waals surface area contributed by atoms with E-state index in [0.29, 0.717) is 17.4 Å². The second kappa shape index (κ2) is 9.66. The zero-order valence-corrected chi connectivity index (χ0v) is 15.9. The maximum atomic E-state index is 12.4. The molecular weight excluding hydrogens is 326 g/mol. The zero-order chi connectivity index (χ0) is 18.9. The maximum absolute atomic E-state index is 12.4. The molecule has 1 atom stereocenters. The molecule has 0 heterocycles. The van der Waals surface area contributed by atoms with Gasteiger partial charge in [-0.3, -0.25) is 4.79 Å². The summed E-state index contributed by atoms with van der Waals surface area (Å²) in [4.78, 5) is 12.4. The summed E-state index contributed by atoms with van der Waals surface area (Å²) in [5.74, 6) is 1.66. The Morgan fingerprint density at radius 2 is 1.73 bits per heavy atom. The molecule has 0 fully saturated rings. The fourth-order valence-corrected chi connectivity index (χ4v) is 2.78. The predicted molar refractivity (Wildman–Crippen MR) is 105 cm³/mol. The molecule has 0 aromatic heterocycles. The lowest BCUT2D eigenvalue weighted by Gasteiger charge is -2.20. The molecular formula is C22H27NO3. The summed E-state index contributed by atoms with van der Waals surface area (Å²) in [6.45, 7) is 4.31. The molecule has 2 rings (SSSR count). The third-order valence-corrected chi connectivity index (χ3v) is 4.06. The maximum Gasteiger partial charge on any atom is 0.244 e. The van der Waals surface area contributed by atoms with Gasteiger partial charge >= 0.3 is 0 Å². The molecule has 1 amide bonds. The Morgan fingerprint density at radius 3 is 2.35 bits per heavy atom. The van der Waals surface area contributed by atoms with Crippen molar-refractivity contribution in [3.8, 4) is 11.5 Å². The molecule has 0 unspecified atom stereocenters. The fraction of sp³-hybridized carbons (Fsp3) is 0.318. The van der Waals surface area contributed by atoms with E-state index >= 15 is 0 Å². The van der Waals surface area contributed by atoms with Crippen LogP contribution in [0.3, 0.4) is 0 Å². The Bertz CT molecular complexity index is 738. The highest BCUT2D eigenvalue weighted by Gasteiger charge is 2.14. The van der Waals surface area contributed by atoms with Crippen LogP contribution in [0, 0.1) is 5.92 Å². The van der Waals surface area contributed by atoms with Crippen LogP contribution in [0.25, 0.3) is 6.08 Å². The van der Waals surface area contributed by atoms with Gasteiger partial charge in [0.05, 0.1) is 20.3 Å². The lowest BCUT2D eigenvalue weighted by atomic mass is 9.97. The quantitative estimate of drug-likeness (QED) is 0.705. The number of nitrogens with one attached hydrogen (secondary N) is 1. The number of hydrogen-bond donors (Lipinski definition) is 1. The van der Waals surface area contributed by atoms with Crippen LogP contribution >= 0.6 is 0 Å². The van der Waals surface area contributed by atoms with E-state index in [1.54, 1.807) is 26.4 Å². The molecule has 138 valence electrons. The van der Waals surface area contributed by atoms with Crippen LogP contribution < -0.4 is 14.8 Å². The number of carbonyl (C=O) groups is 1. The summed E-state index contributed by atoms with van der Waals surface area (Å²) in [6.07, 6.45) is 4.21. The highest BCUT2D eigenvalue weighted by molar-refractivity contribution is 5.92. The molecule has 4 heteroatoms. The third-order valence-electron chi connectivity index (χ3n) is 4.06. The molecule has 0 aliphatic heterocycles. The number of ether oxygens (including phenoxy) is 2. The van der Waals surface area contributed by atoms with Gasteiger partial charge in [0.2, 0.25) is 5.91 Å². The highest BCUT2D eigenvalue weighted by atomic mass is 16.5. The lowest BCUT2D eigenvalue weighted by molar-refractivity contribution is -0.117. The molecule has 1 N–H and O–H groups in total. The van der Waals surface area contributed by atoms with E-state index in [1.807, 2.05) is 48.5 Å². The van der Waals surface area contributed by atoms with Crippen LogP contribution in [0.2, 0.25) is 0 Å².